The van der Waals surface area contributed by atoms with Crippen molar-refractivity contribution >= 4 is 63.0 Å². The topological polar surface area (TPSA) is 118 Å². The highest BCUT2D eigenvalue weighted by molar-refractivity contribution is 8.00. The smallest absolute Gasteiger partial charge is 0.416 e. The molecule has 0 spiro atoms. The van der Waals surface area contributed by atoms with Gasteiger partial charge in [0.1, 0.15) is 0 Å². The van der Waals surface area contributed by atoms with Crippen LogP contribution in [0.2, 0.25) is 0 Å². The Morgan fingerprint density at radius 3 is 2.45 bits per heavy atom. The minimum absolute atomic E-state index is 0.0782. The molecular formula is C39H30F3N3O6S2. The van der Waals surface area contributed by atoms with Gasteiger partial charge in [0.25, 0.3) is 5.91 Å². The molecule has 9 nitrogen and oxygen atoms in total. The number of thiazole rings is 1. The van der Waals surface area contributed by atoms with Crippen molar-refractivity contribution in [2.45, 2.75) is 28.8 Å². The highest BCUT2D eigenvalue weighted by Crippen LogP contribution is 2.69. The molecule has 3 amide bonds. The van der Waals surface area contributed by atoms with Gasteiger partial charge in [-0.25, -0.2) is 0 Å². The maximum Gasteiger partial charge on any atom is 0.416 e. The molecule has 2 N–H and O–H groups in total. The number of aromatic amines is 1. The Morgan fingerprint density at radius 1 is 0.906 bits per heavy atom. The van der Waals surface area contributed by atoms with E-state index in [9.17, 15) is 32.3 Å². The average Bonchev–Trinajstić information content (AvgIpc) is 3.89. The number of carbonyl (C=O) groups is 3. The van der Waals surface area contributed by atoms with Crippen LogP contribution in [0.5, 0.6) is 11.5 Å². The average molecular weight is 758 g/mol. The minimum atomic E-state index is -4.63. The van der Waals surface area contributed by atoms with Crippen molar-refractivity contribution in [1.82, 2.24) is 4.98 Å². The minimum Gasteiger partial charge on any atom is -0.493 e. The number of aromatic nitrogens is 1. The second-order valence-corrected chi connectivity index (χ2v) is 16.0. The number of alkyl halides is 3. The van der Waals surface area contributed by atoms with Gasteiger partial charge in [0.05, 0.1) is 35.2 Å². The molecule has 6 unspecified atom stereocenters. The van der Waals surface area contributed by atoms with E-state index in [0.717, 1.165) is 49.6 Å². The molecular weight excluding hydrogens is 728 g/mol. The third-order valence-electron chi connectivity index (χ3n) is 11.1. The first-order valence-corrected chi connectivity index (χ1v) is 18.7. The van der Waals surface area contributed by atoms with Gasteiger partial charge < -0.3 is 19.8 Å². The van der Waals surface area contributed by atoms with E-state index in [1.54, 1.807) is 6.07 Å². The number of carbonyl (C=O) groups excluding carboxylic acids is 3. The first kappa shape index (κ1) is 33.7. The third-order valence-corrected chi connectivity index (χ3v) is 13.7. The Bertz CT molecular complexity index is 2390. The fourth-order valence-electron chi connectivity index (χ4n) is 9.07. The van der Waals surface area contributed by atoms with Crippen LogP contribution in [0.4, 0.5) is 24.5 Å². The highest BCUT2D eigenvalue weighted by Gasteiger charge is 2.69. The lowest BCUT2D eigenvalue weighted by Crippen LogP contribution is -2.42. The van der Waals surface area contributed by atoms with Gasteiger partial charge in [-0.3, -0.25) is 24.1 Å². The summed E-state index contributed by atoms with van der Waals surface area (Å²) in [6.45, 7) is -0.276. The number of nitrogens with zero attached hydrogens (tertiary/aromatic N) is 1. The lowest BCUT2D eigenvalue weighted by atomic mass is 9.68. The summed E-state index contributed by atoms with van der Waals surface area (Å²) in [5.41, 5.74) is 0.446. The number of thioether (sulfide) groups is 1. The van der Waals surface area contributed by atoms with Gasteiger partial charge >= 0.3 is 11.0 Å². The van der Waals surface area contributed by atoms with Gasteiger partial charge in [-0.15, -0.1) is 11.8 Å². The molecule has 1 aromatic heterocycles. The predicted molar refractivity (Wildman–Crippen MR) is 193 cm³/mol. The zero-order chi connectivity index (χ0) is 36.8. The quantitative estimate of drug-likeness (QED) is 0.167. The van der Waals surface area contributed by atoms with Crippen molar-refractivity contribution in [3.63, 3.8) is 0 Å². The van der Waals surface area contributed by atoms with Crippen LogP contribution in [0.25, 0.3) is 10.8 Å². The van der Waals surface area contributed by atoms with Crippen molar-refractivity contribution in [3.8, 4) is 11.5 Å². The molecule has 9 rings (SSSR count). The fraction of sp³-hybridized carbons (Fsp3) is 0.282. The molecule has 2 aliphatic heterocycles. The molecule has 270 valence electrons. The molecule has 4 aliphatic rings. The number of rotatable bonds is 7. The molecule has 14 heteroatoms. The Labute approximate surface area is 308 Å². The van der Waals surface area contributed by atoms with E-state index in [4.69, 9.17) is 9.47 Å². The molecule has 7 atom stereocenters. The van der Waals surface area contributed by atoms with Crippen LogP contribution >= 0.6 is 23.1 Å². The zero-order valence-electron chi connectivity index (χ0n) is 27.9. The first-order chi connectivity index (χ1) is 25.5. The van der Waals surface area contributed by atoms with E-state index >= 15 is 0 Å². The molecule has 53 heavy (non-hydrogen) atoms. The van der Waals surface area contributed by atoms with E-state index in [1.807, 2.05) is 54.6 Å². The summed E-state index contributed by atoms with van der Waals surface area (Å²) in [7, 11) is 1.49. The van der Waals surface area contributed by atoms with Crippen LogP contribution in [-0.4, -0.2) is 41.7 Å². The van der Waals surface area contributed by atoms with Crippen LogP contribution in [0.3, 0.4) is 0 Å². The number of H-pyrrole nitrogens is 1. The molecule has 2 saturated carbocycles. The number of fused-ring (bicyclic) bond motifs is 10. The molecule has 2 aliphatic carbocycles. The van der Waals surface area contributed by atoms with Gasteiger partial charge in [-0.2, -0.15) is 13.2 Å². The fourth-order valence-corrected chi connectivity index (χ4v) is 12.0. The van der Waals surface area contributed by atoms with Gasteiger partial charge in [0.2, 0.25) is 11.8 Å². The lowest BCUT2D eigenvalue weighted by Gasteiger charge is -2.43. The van der Waals surface area contributed by atoms with Crippen molar-refractivity contribution in [1.29, 1.82) is 0 Å². The number of ether oxygens (including phenoxy) is 2. The summed E-state index contributed by atoms with van der Waals surface area (Å²) in [6, 6.07) is 23.2. The summed E-state index contributed by atoms with van der Waals surface area (Å²) in [5.74, 6) is -2.86. The SMILES string of the molecule is COc1cc([C@H]2c3sc(=O)[nH]c3SC3C4CC(C5C(=O)N(c6cccc(C(F)(F)F)c6)C(=O)C45)C32)ccc1OCC(=O)Nc1ccc2ccccc2c1. The number of methoxy groups -OCH3 is 1. The molecule has 0 radical (unpaired) electrons. The van der Waals surface area contributed by atoms with E-state index in [0.29, 0.717) is 28.6 Å². The third kappa shape index (κ3) is 5.52. The number of hydrogen-bond donors (Lipinski definition) is 2. The molecule has 4 aromatic carbocycles. The second kappa shape index (κ2) is 12.5. The number of nitrogens with one attached hydrogen (secondary N) is 2. The van der Waals surface area contributed by atoms with E-state index in [1.165, 1.54) is 31.0 Å². The zero-order valence-corrected chi connectivity index (χ0v) is 29.5. The van der Waals surface area contributed by atoms with Crippen LogP contribution in [0, 0.1) is 29.6 Å². The van der Waals surface area contributed by atoms with Crippen LogP contribution < -0.4 is 24.6 Å². The van der Waals surface area contributed by atoms with E-state index < -0.39 is 35.4 Å². The first-order valence-electron chi connectivity index (χ1n) is 17.0. The number of benzene rings is 4. The Hall–Kier alpha value is -5.08. The Kier molecular flexibility index (Phi) is 7.96. The number of halogens is 3. The highest BCUT2D eigenvalue weighted by atomic mass is 32.2. The molecule has 5 aromatic rings. The normalized spacial score (nSPS) is 25.7. The van der Waals surface area contributed by atoms with Gasteiger partial charge in [0.15, 0.2) is 18.1 Å². The number of anilines is 2. The van der Waals surface area contributed by atoms with Crippen LogP contribution in [0.15, 0.2) is 94.7 Å². The predicted octanol–water partition coefficient (Wildman–Crippen LogP) is 7.31. The molecule has 2 bridgehead atoms. The lowest BCUT2D eigenvalue weighted by molar-refractivity contribution is -0.137. The molecule has 3 fully saturated rings. The summed E-state index contributed by atoms with van der Waals surface area (Å²) in [6.07, 6.45) is -4.01. The summed E-state index contributed by atoms with van der Waals surface area (Å²) in [5, 5.41) is 5.50. The monoisotopic (exact) mass is 757 g/mol. The van der Waals surface area contributed by atoms with Crippen molar-refractivity contribution in [3.05, 3.63) is 111 Å². The van der Waals surface area contributed by atoms with Gasteiger partial charge in [-0.1, -0.05) is 53.8 Å². The largest absolute Gasteiger partial charge is 0.493 e. The molecule has 1 saturated heterocycles. The second-order valence-electron chi connectivity index (χ2n) is 13.8. The number of hydrogen-bond acceptors (Lipinski definition) is 8. The maximum atomic E-state index is 14.1. The Balaban J connectivity index is 0.990. The number of amides is 3. The van der Waals surface area contributed by atoms with E-state index in [2.05, 4.69) is 10.3 Å². The Morgan fingerprint density at radius 2 is 1.68 bits per heavy atom. The van der Waals surface area contributed by atoms with Gasteiger partial charge in [0, 0.05) is 21.7 Å². The van der Waals surface area contributed by atoms with Crippen LogP contribution in [0.1, 0.15) is 28.3 Å². The van der Waals surface area contributed by atoms with Crippen molar-refractivity contribution in [2.24, 2.45) is 29.6 Å². The summed E-state index contributed by atoms with van der Waals surface area (Å²) in [4.78, 5) is 58.1. The number of imide groups is 1. The summed E-state index contributed by atoms with van der Waals surface area (Å²) >= 11 is 2.62. The van der Waals surface area contributed by atoms with Crippen LogP contribution in [-0.2, 0) is 20.6 Å². The van der Waals surface area contributed by atoms with Gasteiger partial charge in [-0.05, 0) is 83.0 Å². The van der Waals surface area contributed by atoms with Crippen molar-refractivity contribution < 1.29 is 37.0 Å². The maximum absolute atomic E-state index is 14.1. The van der Waals surface area contributed by atoms with E-state index in [-0.39, 0.29) is 52.0 Å². The molecule has 3 heterocycles. The standard InChI is InChI=1S/C39H30F3N3O6S2/c1-50-27-14-20(10-12-26(27)51-17-28(46)43-22-11-9-18-5-2-3-6-19(18)13-22)29-30-24-16-25(33(30)52-35-34(29)53-38(49)44-35)32-31(24)36(47)45(37(32)48)23-8-4-7-21(15-23)39(40,41)42/h2-15,24-25,29-33H,16-17H2,1H3,(H,43,46)(H,44,49)/t24?,25?,29-,30?,31?,32?,33?/m1/s1. The van der Waals surface area contributed by atoms with Crippen molar-refractivity contribution in [2.75, 3.05) is 23.9 Å². The summed E-state index contributed by atoms with van der Waals surface area (Å²) < 4.78 is 52.4.